The van der Waals surface area contributed by atoms with Gasteiger partial charge >= 0.3 is 0 Å². The van der Waals surface area contributed by atoms with Gasteiger partial charge in [0.1, 0.15) is 0 Å². The summed E-state index contributed by atoms with van der Waals surface area (Å²) in [6, 6.07) is 7.43. The van der Waals surface area contributed by atoms with Gasteiger partial charge in [-0.2, -0.15) is 0 Å². The molecule has 0 heterocycles. The van der Waals surface area contributed by atoms with Crippen LogP contribution in [0.15, 0.2) is 24.3 Å². The molecule has 0 aliphatic carbocycles. The Morgan fingerprint density at radius 2 is 2.16 bits per heavy atom. The van der Waals surface area contributed by atoms with Crippen molar-refractivity contribution in [2.45, 2.75) is 33.1 Å². The number of rotatable bonds is 7. The molecule has 1 aromatic carbocycles. The number of halogens is 2. The maximum atomic E-state index is 11.9. The third-order valence-electron chi connectivity index (χ3n) is 3.01. The van der Waals surface area contributed by atoms with Gasteiger partial charge in [-0.15, -0.1) is 0 Å². The Kier molecular flexibility index (Phi) is 6.87. The molecule has 2 nitrogen and oxygen atoms in total. The van der Waals surface area contributed by atoms with Crippen LogP contribution in [-0.4, -0.2) is 17.8 Å². The summed E-state index contributed by atoms with van der Waals surface area (Å²) in [4.78, 5) is 11.9. The molecule has 1 N–H and O–H groups in total. The molecule has 106 valence electrons. The predicted molar refractivity (Wildman–Crippen MR) is 85.0 cm³/mol. The van der Waals surface area contributed by atoms with E-state index in [9.17, 15) is 4.79 Å². The van der Waals surface area contributed by atoms with Gasteiger partial charge in [-0.25, -0.2) is 0 Å². The van der Waals surface area contributed by atoms with Gasteiger partial charge in [0, 0.05) is 16.9 Å². The maximum absolute atomic E-state index is 11.9. The van der Waals surface area contributed by atoms with Crippen LogP contribution in [0.1, 0.15) is 32.3 Å². The summed E-state index contributed by atoms with van der Waals surface area (Å²) in [7, 11) is 0. The molecule has 0 saturated carbocycles. The highest BCUT2D eigenvalue weighted by molar-refractivity contribution is 9.09. The van der Waals surface area contributed by atoms with Crippen LogP contribution in [0.4, 0.5) is 0 Å². The molecule has 0 saturated heterocycles. The zero-order valence-corrected chi connectivity index (χ0v) is 13.9. The first-order valence-electron chi connectivity index (χ1n) is 6.50. The van der Waals surface area contributed by atoms with E-state index < -0.39 is 0 Å². The van der Waals surface area contributed by atoms with Crippen LogP contribution < -0.4 is 5.32 Å². The molecular weight excluding hydrogens is 326 g/mol. The predicted octanol–water partition coefficient (Wildman–Crippen LogP) is 4.20. The van der Waals surface area contributed by atoms with Gasteiger partial charge in [0.05, 0.1) is 6.42 Å². The van der Waals surface area contributed by atoms with Gasteiger partial charge in [0.15, 0.2) is 0 Å². The topological polar surface area (TPSA) is 29.1 Å². The van der Waals surface area contributed by atoms with E-state index in [0.29, 0.717) is 18.0 Å². The Hall–Kier alpha value is -0.540. The number of hydrogen-bond donors (Lipinski definition) is 1. The molecule has 0 aliphatic rings. The molecule has 0 fully saturated rings. The maximum Gasteiger partial charge on any atom is 0.224 e. The quantitative estimate of drug-likeness (QED) is 0.737. The number of nitrogens with one attached hydrogen (secondary N) is 1. The third-order valence-corrected chi connectivity index (χ3v) is 3.80. The van der Waals surface area contributed by atoms with Crippen LogP contribution in [0.3, 0.4) is 0 Å². The number of hydrogen-bond acceptors (Lipinski definition) is 1. The number of amides is 1. The molecule has 4 heteroatoms. The highest BCUT2D eigenvalue weighted by Crippen LogP contribution is 2.21. The number of benzene rings is 1. The van der Waals surface area contributed by atoms with Gasteiger partial charge in [-0.3, -0.25) is 4.79 Å². The van der Waals surface area contributed by atoms with E-state index in [1.165, 1.54) is 0 Å². The lowest BCUT2D eigenvalue weighted by Gasteiger charge is -2.24. The van der Waals surface area contributed by atoms with E-state index in [1.54, 1.807) is 0 Å². The minimum atomic E-state index is 0.0502. The Labute approximate surface area is 129 Å². The molecule has 0 bridgehead atoms. The van der Waals surface area contributed by atoms with Gasteiger partial charge in [0.2, 0.25) is 5.91 Å². The highest BCUT2D eigenvalue weighted by Gasteiger charge is 2.18. The van der Waals surface area contributed by atoms with Crippen LogP contribution >= 0.6 is 27.5 Å². The zero-order chi connectivity index (χ0) is 14.3. The summed E-state index contributed by atoms with van der Waals surface area (Å²) in [5.41, 5.74) is 1.08. The third kappa shape index (κ3) is 6.98. The van der Waals surface area contributed by atoms with Crippen LogP contribution in [0.2, 0.25) is 5.02 Å². The fraction of sp³-hybridized carbons (Fsp3) is 0.533. The summed E-state index contributed by atoms with van der Waals surface area (Å²) in [6.45, 7) is 5.06. The van der Waals surface area contributed by atoms with E-state index in [4.69, 9.17) is 11.6 Å². The molecule has 0 unspecified atom stereocenters. The fourth-order valence-electron chi connectivity index (χ4n) is 1.87. The van der Waals surface area contributed by atoms with Crippen molar-refractivity contribution in [1.29, 1.82) is 0 Å². The number of carbonyl (C=O) groups is 1. The molecule has 0 radical (unpaired) electrons. The van der Waals surface area contributed by atoms with Crippen molar-refractivity contribution in [2.24, 2.45) is 5.41 Å². The molecule has 0 aromatic heterocycles. The first kappa shape index (κ1) is 16.5. The smallest absolute Gasteiger partial charge is 0.224 e. The standard InChI is InChI=1S/C15H21BrClNO/c1-15(2,7-4-8-16)11-18-14(19)10-12-5-3-6-13(17)9-12/h3,5-6,9H,4,7-8,10-11H2,1-2H3,(H,18,19). The Balaban J connectivity index is 2.39. The first-order chi connectivity index (χ1) is 8.93. The normalized spacial score (nSPS) is 11.4. The SMILES string of the molecule is CC(C)(CCCBr)CNC(=O)Cc1cccc(Cl)c1. The monoisotopic (exact) mass is 345 g/mol. The minimum Gasteiger partial charge on any atom is -0.355 e. The summed E-state index contributed by atoms with van der Waals surface area (Å²) < 4.78 is 0. The van der Waals surface area contributed by atoms with E-state index in [1.807, 2.05) is 24.3 Å². The number of carbonyl (C=O) groups excluding carboxylic acids is 1. The lowest BCUT2D eigenvalue weighted by Crippen LogP contribution is -2.34. The average Bonchev–Trinajstić information content (AvgIpc) is 2.34. The molecule has 0 aliphatic heterocycles. The first-order valence-corrected chi connectivity index (χ1v) is 8.00. The highest BCUT2D eigenvalue weighted by atomic mass is 79.9. The zero-order valence-electron chi connectivity index (χ0n) is 11.5. The van der Waals surface area contributed by atoms with E-state index in [0.717, 1.165) is 23.7 Å². The van der Waals surface area contributed by atoms with Crippen LogP contribution in [-0.2, 0) is 11.2 Å². The molecule has 1 rings (SSSR count). The van der Waals surface area contributed by atoms with Crippen molar-refractivity contribution in [3.05, 3.63) is 34.9 Å². The van der Waals surface area contributed by atoms with Crippen LogP contribution in [0.25, 0.3) is 0 Å². The van der Waals surface area contributed by atoms with Crippen molar-refractivity contribution in [1.82, 2.24) is 5.32 Å². The van der Waals surface area contributed by atoms with Crippen LogP contribution in [0, 0.1) is 5.41 Å². The van der Waals surface area contributed by atoms with Crippen LogP contribution in [0.5, 0.6) is 0 Å². The molecule has 0 atom stereocenters. The lowest BCUT2D eigenvalue weighted by atomic mass is 9.88. The molecule has 19 heavy (non-hydrogen) atoms. The molecule has 1 amide bonds. The van der Waals surface area contributed by atoms with E-state index >= 15 is 0 Å². The van der Waals surface area contributed by atoms with Crippen molar-refractivity contribution in [3.8, 4) is 0 Å². The second kappa shape index (κ2) is 7.91. The van der Waals surface area contributed by atoms with Crippen molar-refractivity contribution < 1.29 is 4.79 Å². The van der Waals surface area contributed by atoms with Crippen molar-refractivity contribution in [2.75, 3.05) is 11.9 Å². The fourth-order valence-corrected chi connectivity index (χ4v) is 2.36. The van der Waals surface area contributed by atoms with Gasteiger partial charge in [-0.1, -0.05) is 53.5 Å². The molecular formula is C15H21BrClNO. The van der Waals surface area contributed by atoms with Crippen molar-refractivity contribution >= 4 is 33.4 Å². The van der Waals surface area contributed by atoms with Crippen molar-refractivity contribution in [3.63, 3.8) is 0 Å². The lowest BCUT2D eigenvalue weighted by molar-refractivity contribution is -0.120. The Morgan fingerprint density at radius 1 is 1.42 bits per heavy atom. The second-order valence-electron chi connectivity index (χ2n) is 5.54. The molecule has 1 aromatic rings. The second-order valence-corrected chi connectivity index (χ2v) is 6.77. The van der Waals surface area contributed by atoms with Gasteiger partial charge in [0.25, 0.3) is 0 Å². The number of alkyl halides is 1. The van der Waals surface area contributed by atoms with E-state index in [-0.39, 0.29) is 11.3 Å². The largest absolute Gasteiger partial charge is 0.355 e. The molecule has 0 spiro atoms. The van der Waals surface area contributed by atoms with Gasteiger partial charge in [-0.05, 0) is 36.0 Å². The Bertz CT molecular complexity index is 420. The van der Waals surface area contributed by atoms with Gasteiger partial charge < -0.3 is 5.32 Å². The average molecular weight is 347 g/mol. The van der Waals surface area contributed by atoms with E-state index in [2.05, 4.69) is 35.1 Å². The summed E-state index contributed by atoms with van der Waals surface area (Å²) in [5.74, 6) is 0.0502. The summed E-state index contributed by atoms with van der Waals surface area (Å²) in [6.07, 6.45) is 2.60. The summed E-state index contributed by atoms with van der Waals surface area (Å²) in [5, 5.41) is 4.68. The summed E-state index contributed by atoms with van der Waals surface area (Å²) >= 11 is 9.33. The Morgan fingerprint density at radius 3 is 2.79 bits per heavy atom. The minimum absolute atomic E-state index is 0.0502.